The van der Waals surface area contributed by atoms with Crippen molar-refractivity contribution in [2.45, 2.75) is 71.4 Å². The third kappa shape index (κ3) is 5.31. The Bertz CT molecular complexity index is 162. The molecule has 0 radical (unpaired) electrons. The first-order valence-corrected chi connectivity index (χ1v) is 7.16. The van der Waals surface area contributed by atoms with Crippen LogP contribution in [0.2, 0.25) is 0 Å². The maximum Gasteiger partial charge on any atom is 0.0725 e. The molecule has 2 nitrogen and oxygen atoms in total. The molecule has 0 amide bonds. The van der Waals surface area contributed by atoms with Gasteiger partial charge in [-0.1, -0.05) is 40.0 Å². The maximum atomic E-state index is 6.05. The van der Waals surface area contributed by atoms with Gasteiger partial charge in [0.2, 0.25) is 0 Å². The predicted octanol–water partition coefficient (Wildman–Crippen LogP) is 3.36. The van der Waals surface area contributed by atoms with Crippen LogP contribution >= 0.6 is 0 Å². The molecule has 0 bridgehead atoms. The van der Waals surface area contributed by atoms with E-state index in [0.717, 1.165) is 25.5 Å². The highest BCUT2D eigenvalue weighted by Gasteiger charge is 2.23. The van der Waals surface area contributed by atoms with Crippen LogP contribution in [0.1, 0.15) is 59.3 Å². The maximum absolute atomic E-state index is 6.05. The summed E-state index contributed by atoms with van der Waals surface area (Å²) in [6, 6.07) is 0.555. The van der Waals surface area contributed by atoms with Crippen LogP contribution in [0.25, 0.3) is 0 Å². The van der Waals surface area contributed by atoms with E-state index in [0.29, 0.717) is 12.1 Å². The lowest BCUT2D eigenvalue weighted by Crippen LogP contribution is -2.41. The van der Waals surface area contributed by atoms with Gasteiger partial charge in [-0.25, -0.2) is 0 Å². The fourth-order valence-electron chi connectivity index (χ4n) is 2.30. The normalized spacial score (nSPS) is 19.7. The van der Waals surface area contributed by atoms with Crippen LogP contribution in [0.5, 0.6) is 0 Å². The van der Waals surface area contributed by atoms with E-state index in [2.05, 4.69) is 26.1 Å². The second kappa shape index (κ2) is 8.08. The van der Waals surface area contributed by atoms with E-state index in [1.807, 2.05) is 0 Å². The smallest absolute Gasteiger partial charge is 0.0725 e. The Balaban J connectivity index is 2.22. The molecule has 2 heteroatoms. The molecule has 0 saturated heterocycles. The molecule has 0 heterocycles. The van der Waals surface area contributed by atoms with Crippen LogP contribution in [0.4, 0.5) is 0 Å². The van der Waals surface area contributed by atoms with E-state index in [9.17, 15) is 0 Å². The summed E-state index contributed by atoms with van der Waals surface area (Å²) in [5.74, 6) is 0.987. The summed E-state index contributed by atoms with van der Waals surface area (Å²) in [4.78, 5) is 0. The van der Waals surface area contributed by atoms with Crippen molar-refractivity contribution in [3.05, 3.63) is 0 Å². The third-order valence-corrected chi connectivity index (χ3v) is 3.47. The van der Waals surface area contributed by atoms with Gasteiger partial charge in [-0.2, -0.15) is 0 Å². The number of rotatable bonds is 10. The molecule has 0 aromatic rings. The first-order chi connectivity index (χ1) is 7.81. The van der Waals surface area contributed by atoms with Crippen LogP contribution in [-0.4, -0.2) is 25.3 Å². The highest BCUT2D eigenvalue weighted by Crippen LogP contribution is 2.32. The first kappa shape index (κ1) is 14.0. The third-order valence-electron chi connectivity index (χ3n) is 3.47. The van der Waals surface area contributed by atoms with Crippen molar-refractivity contribution < 1.29 is 4.74 Å². The minimum atomic E-state index is 0.415. The fourth-order valence-corrected chi connectivity index (χ4v) is 2.30. The van der Waals surface area contributed by atoms with Crippen molar-refractivity contribution in [2.24, 2.45) is 5.92 Å². The number of likely N-dealkylation sites (N-methyl/N-ethyl adjacent to an activating group) is 1. The topological polar surface area (TPSA) is 21.3 Å². The largest absolute Gasteiger partial charge is 0.377 e. The monoisotopic (exact) mass is 227 g/mol. The Hall–Kier alpha value is -0.0800. The second-order valence-electron chi connectivity index (χ2n) is 5.00. The number of hydrogen-bond donors (Lipinski definition) is 1. The molecule has 0 aromatic heterocycles. The van der Waals surface area contributed by atoms with Crippen LogP contribution in [0.15, 0.2) is 0 Å². The molecule has 0 spiro atoms. The Morgan fingerprint density at radius 3 is 2.50 bits per heavy atom. The minimum Gasteiger partial charge on any atom is -0.377 e. The van der Waals surface area contributed by atoms with Gasteiger partial charge in [0, 0.05) is 12.6 Å². The van der Waals surface area contributed by atoms with Gasteiger partial charge in [-0.3, -0.25) is 0 Å². The number of nitrogens with one attached hydrogen (secondary N) is 1. The zero-order valence-corrected chi connectivity index (χ0v) is 11.3. The molecule has 1 aliphatic carbocycles. The zero-order chi connectivity index (χ0) is 11.8. The molecule has 0 aliphatic heterocycles. The van der Waals surface area contributed by atoms with E-state index in [1.165, 1.54) is 32.1 Å². The Labute approximate surface area is 101 Å². The lowest BCUT2D eigenvalue weighted by molar-refractivity contribution is 0.0188. The zero-order valence-electron chi connectivity index (χ0n) is 11.3. The molecular formula is C14H29NO. The minimum absolute atomic E-state index is 0.415. The molecule has 16 heavy (non-hydrogen) atoms. The van der Waals surface area contributed by atoms with Gasteiger partial charge < -0.3 is 10.1 Å². The number of ether oxygens (including phenoxy) is 1. The van der Waals surface area contributed by atoms with Crippen molar-refractivity contribution in [1.29, 1.82) is 0 Å². The lowest BCUT2D eigenvalue weighted by atomic mass is 10.0. The average Bonchev–Trinajstić information content (AvgIpc) is 3.08. The molecule has 1 rings (SSSR count). The van der Waals surface area contributed by atoms with E-state index in [-0.39, 0.29) is 0 Å². The van der Waals surface area contributed by atoms with Gasteiger partial charge in [0.15, 0.2) is 0 Å². The predicted molar refractivity (Wildman–Crippen MR) is 69.7 cm³/mol. The van der Waals surface area contributed by atoms with Gasteiger partial charge in [-0.15, -0.1) is 0 Å². The average molecular weight is 227 g/mol. The molecule has 96 valence electrons. The highest BCUT2D eigenvalue weighted by molar-refractivity contribution is 4.77. The second-order valence-corrected chi connectivity index (χ2v) is 5.00. The summed E-state index contributed by atoms with van der Waals surface area (Å²) in [5.41, 5.74) is 0. The molecule has 0 aromatic carbocycles. The van der Waals surface area contributed by atoms with E-state index in [4.69, 9.17) is 4.74 Å². The van der Waals surface area contributed by atoms with Crippen molar-refractivity contribution in [1.82, 2.24) is 5.32 Å². The van der Waals surface area contributed by atoms with Gasteiger partial charge in [0.25, 0.3) is 0 Å². The van der Waals surface area contributed by atoms with Crippen LogP contribution in [0.3, 0.4) is 0 Å². The summed E-state index contributed by atoms with van der Waals surface area (Å²) in [6.07, 6.45) is 8.16. The van der Waals surface area contributed by atoms with Crippen molar-refractivity contribution in [2.75, 3.05) is 13.2 Å². The van der Waals surface area contributed by atoms with Gasteiger partial charge >= 0.3 is 0 Å². The van der Waals surface area contributed by atoms with Gasteiger partial charge in [-0.05, 0) is 31.7 Å². The molecule has 1 fully saturated rings. The number of hydrogen-bond acceptors (Lipinski definition) is 2. The summed E-state index contributed by atoms with van der Waals surface area (Å²) < 4.78 is 6.05. The summed E-state index contributed by atoms with van der Waals surface area (Å²) in [7, 11) is 0. The van der Waals surface area contributed by atoms with Gasteiger partial charge in [0.05, 0.1) is 6.10 Å². The van der Waals surface area contributed by atoms with Crippen molar-refractivity contribution >= 4 is 0 Å². The molecule has 1 N–H and O–H groups in total. The van der Waals surface area contributed by atoms with E-state index >= 15 is 0 Å². The molecular weight excluding hydrogens is 198 g/mol. The fraction of sp³-hybridized carbons (Fsp3) is 1.00. The van der Waals surface area contributed by atoms with E-state index in [1.54, 1.807) is 0 Å². The Kier molecular flexibility index (Phi) is 7.06. The summed E-state index contributed by atoms with van der Waals surface area (Å²) in [6.45, 7) is 8.69. The first-order valence-electron chi connectivity index (χ1n) is 7.16. The summed E-state index contributed by atoms with van der Waals surface area (Å²) >= 11 is 0. The highest BCUT2D eigenvalue weighted by atomic mass is 16.5. The van der Waals surface area contributed by atoms with E-state index < -0.39 is 0 Å². The quantitative estimate of drug-likeness (QED) is 0.618. The van der Waals surface area contributed by atoms with Gasteiger partial charge in [0.1, 0.15) is 0 Å². The van der Waals surface area contributed by atoms with Crippen molar-refractivity contribution in [3.63, 3.8) is 0 Å². The van der Waals surface area contributed by atoms with Crippen molar-refractivity contribution in [3.8, 4) is 0 Å². The lowest BCUT2D eigenvalue weighted by Gasteiger charge is -2.27. The molecule has 1 saturated carbocycles. The molecule has 2 unspecified atom stereocenters. The molecule has 1 aliphatic rings. The molecule has 2 atom stereocenters. The Morgan fingerprint density at radius 1 is 1.25 bits per heavy atom. The standard InChI is InChI=1S/C14H29NO/c1-4-7-13(15-6-3)14(5-2)16-11-10-12-8-9-12/h12-15H,4-11H2,1-3H3. The van der Waals surface area contributed by atoms with Crippen LogP contribution in [-0.2, 0) is 4.74 Å². The van der Waals surface area contributed by atoms with Crippen LogP contribution in [0, 0.1) is 5.92 Å². The van der Waals surface area contributed by atoms with Crippen LogP contribution < -0.4 is 5.32 Å². The summed E-state index contributed by atoms with van der Waals surface area (Å²) in [5, 5.41) is 3.56. The Morgan fingerprint density at radius 2 is 2.00 bits per heavy atom. The SMILES string of the molecule is CCCC(NCC)C(CC)OCCC1CC1.